The largest absolute Gasteiger partial charge is 0.481 e. The second-order valence-corrected chi connectivity index (χ2v) is 4.77. The number of nitrogens with one attached hydrogen (secondary N) is 1. The summed E-state index contributed by atoms with van der Waals surface area (Å²) < 4.78 is 5.25. The van der Waals surface area contributed by atoms with Crippen LogP contribution in [0, 0.1) is 0 Å². The molecule has 0 unspecified atom stereocenters. The van der Waals surface area contributed by atoms with Gasteiger partial charge in [0.2, 0.25) is 0 Å². The average molecular weight is 278 g/mol. The lowest BCUT2D eigenvalue weighted by atomic mass is 10.2. The maximum absolute atomic E-state index is 10.5. The van der Waals surface area contributed by atoms with Gasteiger partial charge in [-0.3, -0.25) is 4.79 Å². The zero-order valence-electron chi connectivity index (χ0n) is 10.4. The number of nitrogens with zero attached hydrogens (tertiary/aromatic N) is 1. The van der Waals surface area contributed by atoms with Crippen LogP contribution in [0.4, 0.5) is 11.7 Å². The first-order valence-corrected chi connectivity index (χ1v) is 6.97. The summed E-state index contributed by atoms with van der Waals surface area (Å²) >= 11 is 1.65. The topological polar surface area (TPSA) is 75.4 Å². The molecule has 0 radical (unpaired) electrons. The van der Waals surface area contributed by atoms with Crippen molar-refractivity contribution in [3.8, 4) is 0 Å². The van der Waals surface area contributed by atoms with E-state index < -0.39 is 5.97 Å². The predicted molar refractivity (Wildman–Crippen MR) is 74.0 cm³/mol. The minimum absolute atomic E-state index is 0.0495. The van der Waals surface area contributed by atoms with Gasteiger partial charge in [0.05, 0.1) is 12.1 Å². The van der Waals surface area contributed by atoms with Crippen molar-refractivity contribution in [2.24, 2.45) is 0 Å². The van der Waals surface area contributed by atoms with Gasteiger partial charge in [-0.05, 0) is 24.5 Å². The number of benzene rings is 1. The van der Waals surface area contributed by atoms with E-state index in [1.807, 2.05) is 30.5 Å². The van der Waals surface area contributed by atoms with Crippen molar-refractivity contribution in [3.63, 3.8) is 0 Å². The van der Waals surface area contributed by atoms with Gasteiger partial charge >= 0.3 is 5.97 Å². The molecule has 0 atom stereocenters. The first kappa shape index (κ1) is 13.5. The monoisotopic (exact) mass is 278 g/mol. The number of carbonyl (C=O) groups is 1. The summed E-state index contributed by atoms with van der Waals surface area (Å²) in [6, 6.07) is 8.25. The minimum atomic E-state index is -0.842. The van der Waals surface area contributed by atoms with Gasteiger partial charge in [0.25, 0.3) is 6.01 Å². The van der Waals surface area contributed by atoms with E-state index in [0.717, 1.165) is 10.6 Å². The van der Waals surface area contributed by atoms with Crippen LogP contribution < -0.4 is 5.32 Å². The van der Waals surface area contributed by atoms with Gasteiger partial charge in [-0.15, -0.1) is 11.8 Å². The summed E-state index contributed by atoms with van der Waals surface area (Å²) in [5.74, 6) is -0.842. The molecule has 0 amide bonds. The van der Waals surface area contributed by atoms with Crippen LogP contribution >= 0.6 is 11.8 Å². The Morgan fingerprint density at radius 3 is 3.11 bits per heavy atom. The number of oxazole rings is 1. The van der Waals surface area contributed by atoms with Crippen LogP contribution in [0.5, 0.6) is 0 Å². The molecule has 2 rings (SSSR count). The zero-order valence-corrected chi connectivity index (χ0v) is 11.2. The van der Waals surface area contributed by atoms with Gasteiger partial charge in [-0.2, -0.15) is 4.98 Å². The standard InChI is InChI=1S/C13H14N2O3S/c1-19-11-4-2-3-9(7-11)14-13-15-10(8-18-13)5-6-12(16)17/h2-4,7-8H,5-6H2,1H3,(H,14,15)(H,16,17). The number of anilines is 2. The Labute approximate surface area is 115 Å². The highest BCUT2D eigenvalue weighted by molar-refractivity contribution is 7.98. The maximum Gasteiger partial charge on any atom is 0.303 e. The normalized spacial score (nSPS) is 10.4. The molecule has 1 heterocycles. The van der Waals surface area contributed by atoms with Crippen LogP contribution in [0.2, 0.25) is 0 Å². The Bertz CT molecular complexity index is 569. The highest BCUT2D eigenvalue weighted by Crippen LogP contribution is 2.22. The molecular weight excluding hydrogens is 264 g/mol. The molecule has 0 aliphatic rings. The number of hydrogen-bond acceptors (Lipinski definition) is 5. The molecule has 1 aromatic carbocycles. The molecule has 1 aromatic heterocycles. The van der Waals surface area contributed by atoms with Crippen LogP contribution in [0.3, 0.4) is 0 Å². The van der Waals surface area contributed by atoms with Crippen molar-refractivity contribution in [3.05, 3.63) is 36.2 Å². The SMILES string of the molecule is CSc1cccc(Nc2nc(CCC(=O)O)co2)c1. The summed E-state index contributed by atoms with van der Waals surface area (Å²) in [7, 11) is 0. The number of aromatic nitrogens is 1. The quantitative estimate of drug-likeness (QED) is 0.790. The van der Waals surface area contributed by atoms with Crippen molar-refractivity contribution in [2.45, 2.75) is 17.7 Å². The lowest BCUT2D eigenvalue weighted by Gasteiger charge is -2.03. The lowest BCUT2D eigenvalue weighted by molar-refractivity contribution is -0.136. The van der Waals surface area contributed by atoms with Gasteiger partial charge in [-0.25, -0.2) is 0 Å². The van der Waals surface area contributed by atoms with E-state index in [1.165, 1.54) is 6.26 Å². The van der Waals surface area contributed by atoms with Crippen LogP contribution in [0.25, 0.3) is 0 Å². The third-order valence-corrected chi connectivity index (χ3v) is 3.19. The van der Waals surface area contributed by atoms with E-state index in [9.17, 15) is 4.79 Å². The predicted octanol–water partition coefficient (Wildman–Crippen LogP) is 3.16. The van der Waals surface area contributed by atoms with E-state index in [4.69, 9.17) is 9.52 Å². The fourth-order valence-electron chi connectivity index (χ4n) is 1.54. The second-order valence-electron chi connectivity index (χ2n) is 3.89. The van der Waals surface area contributed by atoms with Crippen LogP contribution in [-0.4, -0.2) is 22.3 Å². The van der Waals surface area contributed by atoms with Gasteiger partial charge < -0.3 is 14.8 Å². The molecular formula is C13H14N2O3S. The smallest absolute Gasteiger partial charge is 0.303 e. The van der Waals surface area contributed by atoms with E-state index in [-0.39, 0.29) is 6.42 Å². The van der Waals surface area contributed by atoms with Crippen molar-refractivity contribution >= 4 is 29.4 Å². The molecule has 100 valence electrons. The summed E-state index contributed by atoms with van der Waals surface area (Å²) in [6.45, 7) is 0. The van der Waals surface area contributed by atoms with Crippen molar-refractivity contribution in [1.29, 1.82) is 0 Å². The van der Waals surface area contributed by atoms with Crippen molar-refractivity contribution < 1.29 is 14.3 Å². The Morgan fingerprint density at radius 1 is 1.53 bits per heavy atom. The van der Waals surface area contributed by atoms with Gasteiger partial charge in [0.1, 0.15) is 6.26 Å². The maximum atomic E-state index is 10.5. The van der Waals surface area contributed by atoms with Gasteiger partial charge in [-0.1, -0.05) is 6.07 Å². The summed E-state index contributed by atoms with van der Waals surface area (Å²) in [6.07, 6.45) is 3.90. The highest BCUT2D eigenvalue weighted by Gasteiger charge is 2.06. The molecule has 0 spiro atoms. The van der Waals surface area contributed by atoms with Gasteiger partial charge in [0, 0.05) is 17.0 Å². The van der Waals surface area contributed by atoms with Crippen LogP contribution in [0.15, 0.2) is 39.8 Å². The lowest BCUT2D eigenvalue weighted by Crippen LogP contribution is -1.98. The van der Waals surface area contributed by atoms with Crippen LogP contribution in [-0.2, 0) is 11.2 Å². The molecule has 2 aromatic rings. The van der Waals surface area contributed by atoms with E-state index in [0.29, 0.717) is 18.1 Å². The molecule has 0 saturated carbocycles. The molecule has 0 fully saturated rings. The minimum Gasteiger partial charge on any atom is -0.481 e. The zero-order chi connectivity index (χ0) is 13.7. The number of hydrogen-bond donors (Lipinski definition) is 2. The summed E-state index contributed by atoms with van der Waals surface area (Å²) in [4.78, 5) is 15.8. The number of carboxylic acids is 1. The number of rotatable bonds is 6. The Hall–Kier alpha value is -1.95. The molecule has 0 bridgehead atoms. The second kappa shape index (κ2) is 6.29. The molecule has 0 aliphatic carbocycles. The third-order valence-electron chi connectivity index (χ3n) is 2.47. The highest BCUT2D eigenvalue weighted by atomic mass is 32.2. The number of carboxylic acid groups (broad SMARTS) is 1. The summed E-state index contributed by atoms with van der Waals surface area (Å²) in [5, 5.41) is 11.6. The fraction of sp³-hybridized carbons (Fsp3) is 0.231. The van der Waals surface area contributed by atoms with E-state index in [2.05, 4.69) is 10.3 Å². The molecule has 2 N–H and O–H groups in total. The summed E-state index contributed by atoms with van der Waals surface area (Å²) in [5.41, 5.74) is 1.52. The Kier molecular flexibility index (Phi) is 4.46. The van der Waals surface area contributed by atoms with Crippen LogP contribution in [0.1, 0.15) is 12.1 Å². The van der Waals surface area contributed by atoms with E-state index >= 15 is 0 Å². The Balaban J connectivity index is 2.00. The third kappa shape index (κ3) is 4.03. The molecule has 0 saturated heterocycles. The fourth-order valence-corrected chi connectivity index (χ4v) is 2.00. The molecule has 5 nitrogen and oxygen atoms in total. The Morgan fingerprint density at radius 2 is 2.37 bits per heavy atom. The first-order valence-electron chi connectivity index (χ1n) is 5.74. The number of thioether (sulfide) groups is 1. The number of aliphatic carboxylic acids is 1. The number of aryl methyl sites for hydroxylation is 1. The molecule has 0 aliphatic heterocycles. The molecule has 6 heteroatoms. The average Bonchev–Trinajstić information content (AvgIpc) is 2.84. The van der Waals surface area contributed by atoms with Crippen molar-refractivity contribution in [2.75, 3.05) is 11.6 Å². The van der Waals surface area contributed by atoms with Gasteiger partial charge in [0.15, 0.2) is 0 Å². The van der Waals surface area contributed by atoms with E-state index in [1.54, 1.807) is 11.8 Å². The molecule has 19 heavy (non-hydrogen) atoms. The van der Waals surface area contributed by atoms with Crippen molar-refractivity contribution in [1.82, 2.24) is 4.98 Å². The first-order chi connectivity index (χ1) is 9.17.